The van der Waals surface area contributed by atoms with Crippen LogP contribution in [-0.4, -0.2) is 48.8 Å². The molecule has 51 heavy (non-hydrogen) atoms. The smallest absolute Gasteiger partial charge is 0.333 e. The second-order valence-electron chi connectivity index (χ2n) is 15.4. The van der Waals surface area contributed by atoms with Crippen LogP contribution in [0.25, 0.3) is 0 Å². The first-order valence-corrected chi connectivity index (χ1v) is 17.7. The number of hydrogen-bond acceptors (Lipinski definition) is 8. The van der Waals surface area contributed by atoms with E-state index in [4.69, 9.17) is 14.2 Å². The van der Waals surface area contributed by atoms with Crippen molar-refractivity contribution < 1.29 is 38.2 Å². The second kappa shape index (κ2) is 16.8. The van der Waals surface area contributed by atoms with Gasteiger partial charge in [0.2, 0.25) is 0 Å². The zero-order chi connectivity index (χ0) is 38.4. The summed E-state index contributed by atoms with van der Waals surface area (Å²) in [4.78, 5) is 61.3. The number of ketones is 2. The monoisotopic (exact) mass is 700 g/mol. The van der Waals surface area contributed by atoms with E-state index in [0.717, 1.165) is 16.7 Å². The summed E-state index contributed by atoms with van der Waals surface area (Å²) in [5, 5.41) is 0. The Balaban J connectivity index is 0.000000277. The Labute approximate surface area is 304 Å². The first-order chi connectivity index (χ1) is 23.8. The quantitative estimate of drug-likeness (QED) is 0.0621. The maximum Gasteiger partial charge on any atom is 0.333 e. The molecule has 2 fully saturated rings. The minimum absolute atomic E-state index is 0.0204. The molecule has 0 aliphatic heterocycles. The van der Waals surface area contributed by atoms with Gasteiger partial charge in [0.1, 0.15) is 12.2 Å². The summed E-state index contributed by atoms with van der Waals surface area (Å²) in [6, 6.07) is 0. The number of rotatable bonds is 13. The fraction of sp³-hybridized carbons (Fsp3) is 0.512. The lowest BCUT2D eigenvalue weighted by molar-refractivity contribution is -0.151. The van der Waals surface area contributed by atoms with Crippen LogP contribution >= 0.6 is 0 Å². The third-order valence-electron chi connectivity index (χ3n) is 10.8. The number of esters is 3. The van der Waals surface area contributed by atoms with Gasteiger partial charge in [-0.25, -0.2) is 4.79 Å². The predicted molar refractivity (Wildman–Crippen MR) is 199 cm³/mol. The number of ether oxygens (including phenoxy) is 3. The van der Waals surface area contributed by atoms with E-state index in [1.807, 2.05) is 59.8 Å². The van der Waals surface area contributed by atoms with Gasteiger partial charge in [-0.15, -0.1) is 0 Å². The van der Waals surface area contributed by atoms with E-state index in [2.05, 4.69) is 33.1 Å². The zero-order valence-corrected chi connectivity index (χ0v) is 32.1. The van der Waals surface area contributed by atoms with Crippen molar-refractivity contribution in [1.82, 2.24) is 0 Å². The molecule has 8 nitrogen and oxygen atoms in total. The third kappa shape index (κ3) is 9.52. The van der Waals surface area contributed by atoms with Crippen LogP contribution in [0.15, 0.2) is 95.2 Å². The normalized spacial score (nSPS) is 27.6. The topological polar surface area (TPSA) is 113 Å². The molecule has 0 aromatic rings. The first-order valence-electron chi connectivity index (χ1n) is 17.7. The van der Waals surface area contributed by atoms with Crippen molar-refractivity contribution in [2.75, 3.05) is 7.11 Å². The Morgan fingerprint density at radius 2 is 1.12 bits per heavy atom. The molecule has 4 aliphatic rings. The Morgan fingerprint density at radius 3 is 1.47 bits per heavy atom. The molecule has 0 aromatic heterocycles. The summed E-state index contributed by atoms with van der Waals surface area (Å²) in [5.41, 5.74) is 4.52. The van der Waals surface area contributed by atoms with Gasteiger partial charge in [-0.1, -0.05) is 95.0 Å². The van der Waals surface area contributed by atoms with Gasteiger partial charge in [-0.2, -0.15) is 0 Å². The van der Waals surface area contributed by atoms with Crippen LogP contribution in [0.5, 0.6) is 0 Å². The minimum atomic E-state index is -0.500. The molecule has 0 spiro atoms. The SMILES string of the molecule is C=CC=CCC1=C(C)C(OC(=O)C2C(C=C(C)C(=O)OC)C2(C)C)CC1=O.C=CC=CCC1=C(C)C(OC(=O)C2C(C=C(C)C)C2(C)C)CC1=O. The van der Waals surface area contributed by atoms with Gasteiger partial charge in [0.25, 0.3) is 0 Å². The molecule has 6 atom stereocenters. The molecule has 4 rings (SSSR count). The van der Waals surface area contributed by atoms with Crippen molar-refractivity contribution in [3.05, 3.63) is 95.2 Å². The Bertz CT molecular complexity index is 1630. The highest BCUT2D eigenvalue weighted by Crippen LogP contribution is 2.61. The average molecular weight is 701 g/mol. The number of methoxy groups -OCH3 is 1. The molecule has 8 heteroatoms. The van der Waals surface area contributed by atoms with Crippen molar-refractivity contribution in [2.24, 2.45) is 34.5 Å². The van der Waals surface area contributed by atoms with E-state index in [0.29, 0.717) is 24.0 Å². The molecule has 0 aromatic carbocycles. The van der Waals surface area contributed by atoms with E-state index in [9.17, 15) is 24.0 Å². The summed E-state index contributed by atoms with van der Waals surface area (Å²) in [6.45, 7) is 24.9. The summed E-state index contributed by atoms with van der Waals surface area (Å²) in [6.07, 6.45) is 15.3. The van der Waals surface area contributed by atoms with Gasteiger partial charge >= 0.3 is 17.9 Å². The molecule has 0 heterocycles. The number of hydrogen-bond donors (Lipinski definition) is 0. The highest BCUT2D eigenvalue weighted by atomic mass is 16.6. The van der Waals surface area contributed by atoms with Gasteiger partial charge in [0.05, 0.1) is 31.8 Å². The first kappa shape index (κ1) is 41.1. The van der Waals surface area contributed by atoms with Crippen LogP contribution in [0.3, 0.4) is 0 Å². The molecule has 0 bridgehead atoms. The number of Topliss-reactive ketones (excluding diaryl/α,β-unsaturated/α-hetero) is 2. The molecular weight excluding hydrogens is 644 g/mol. The Kier molecular flexibility index (Phi) is 13.5. The molecule has 276 valence electrons. The van der Waals surface area contributed by atoms with E-state index < -0.39 is 18.2 Å². The van der Waals surface area contributed by atoms with Crippen LogP contribution in [0.4, 0.5) is 0 Å². The average Bonchev–Trinajstić information content (AvgIpc) is 3.70. The summed E-state index contributed by atoms with van der Waals surface area (Å²) < 4.78 is 16.1. The maximum atomic E-state index is 12.7. The van der Waals surface area contributed by atoms with Gasteiger partial charge in [0, 0.05) is 16.7 Å². The summed E-state index contributed by atoms with van der Waals surface area (Å²) in [7, 11) is 1.33. The molecule has 0 amide bonds. The minimum Gasteiger partial charge on any atom is -0.466 e. The maximum absolute atomic E-state index is 12.7. The molecule has 0 saturated heterocycles. The van der Waals surface area contributed by atoms with Gasteiger partial charge in [0.15, 0.2) is 11.6 Å². The van der Waals surface area contributed by atoms with Gasteiger partial charge < -0.3 is 14.2 Å². The van der Waals surface area contributed by atoms with Crippen molar-refractivity contribution in [2.45, 2.75) is 100 Å². The molecule has 0 radical (unpaired) electrons. The molecule has 6 unspecified atom stereocenters. The van der Waals surface area contributed by atoms with E-state index in [1.165, 1.54) is 12.7 Å². The fourth-order valence-corrected chi connectivity index (χ4v) is 7.25. The van der Waals surface area contributed by atoms with Crippen LogP contribution in [-0.2, 0) is 38.2 Å². The second-order valence-corrected chi connectivity index (χ2v) is 15.4. The van der Waals surface area contributed by atoms with Crippen molar-refractivity contribution in [3.8, 4) is 0 Å². The number of carbonyl (C=O) groups is 5. The number of allylic oxidation sites excluding steroid dienone is 11. The van der Waals surface area contributed by atoms with Crippen LogP contribution in [0, 0.1) is 34.5 Å². The Morgan fingerprint density at radius 1 is 0.725 bits per heavy atom. The lowest BCUT2D eigenvalue weighted by Gasteiger charge is -2.13. The predicted octanol–water partition coefficient (Wildman–Crippen LogP) is 8.27. The van der Waals surface area contributed by atoms with Gasteiger partial charge in [-0.05, 0) is 81.3 Å². The van der Waals surface area contributed by atoms with E-state index in [-0.39, 0.29) is 70.8 Å². The summed E-state index contributed by atoms with van der Waals surface area (Å²) >= 11 is 0. The lowest BCUT2D eigenvalue weighted by atomic mass is 10.1. The van der Waals surface area contributed by atoms with E-state index >= 15 is 0 Å². The molecule has 2 saturated carbocycles. The molecule has 4 aliphatic carbocycles. The molecule has 0 N–H and O–H groups in total. The van der Waals surface area contributed by atoms with Crippen LogP contribution < -0.4 is 0 Å². The van der Waals surface area contributed by atoms with Crippen molar-refractivity contribution in [3.63, 3.8) is 0 Å². The highest BCUT2D eigenvalue weighted by Gasteiger charge is 2.63. The fourth-order valence-electron chi connectivity index (χ4n) is 7.25. The largest absolute Gasteiger partial charge is 0.466 e. The standard InChI is InChI=1S/C22H28O5.C21H28O3/c1-7-8-9-10-15-14(3)18(12-17(15)23)27-21(25)19-16(22(19,4)5)11-13(2)20(24)26-6;1-7-8-9-10-15-14(4)18(12-17(15)22)24-20(23)19-16(11-13(2)3)21(19,5)6/h7-9,11,16,18-19H,1,10,12H2,2-6H3;7-9,11,16,18-19H,1,10,12H2,2-6H3. The molecular formula is C43H56O8. The lowest BCUT2D eigenvalue weighted by Crippen LogP contribution is -2.20. The summed E-state index contributed by atoms with van der Waals surface area (Å²) in [5.74, 6) is -1.10. The van der Waals surface area contributed by atoms with Crippen LogP contribution in [0.2, 0.25) is 0 Å². The van der Waals surface area contributed by atoms with Crippen molar-refractivity contribution >= 4 is 29.5 Å². The highest BCUT2D eigenvalue weighted by molar-refractivity contribution is 6.01. The number of carbonyl (C=O) groups excluding carboxylic acids is 5. The van der Waals surface area contributed by atoms with Crippen LogP contribution in [0.1, 0.15) is 88.0 Å². The van der Waals surface area contributed by atoms with Crippen molar-refractivity contribution in [1.29, 1.82) is 0 Å². The van der Waals surface area contributed by atoms with E-state index in [1.54, 1.807) is 31.2 Å². The Hall–Kier alpha value is -4.33. The van der Waals surface area contributed by atoms with Gasteiger partial charge in [-0.3, -0.25) is 19.2 Å². The zero-order valence-electron chi connectivity index (χ0n) is 32.1. The third-order valence-corrected chi connectivity index (χ3v) is 10.8.